The molecule has 0 aliphatic heterocycles. The molecule has 0 spiro atoms. The zero-order valence-corrected chi connectivity index (χ0v) is 12.3. The third-order valence-electron chi connectivity index (χ3n) is 5.19. The summed E-state index contributed by atoms with van der Waals surface area (Å²) in [6, 6.07) is 0. The average molecular weight is 292 g/mol. The molecular weight excluding hydrogens is 272 g/mol. The van der Waals surface area contributed by atoms with Crippen molar-refractivity contribution in [2.75, 3.05) is 5.75 Å². The van der Waals surface area contributed by atoms with Crippen LogP contribution >= 0.6 is 11.8 Å². The standard InChI is InChI=1S/C14H20N4OS/c19-12(8-20-13-7-15-18-17-13)16-14-4-9-1-10(5-14)3-11(2-9)6-14/h7,9-11H,1-6,8H2,(H,16,19)(H,15,17,18). The Bertz CT molecular complexity index is 466. The molecule has 5 nitrogen and oxygen atoms in total. The highest BCUT2D eigenvalue weighted by atomic mass is 32.2. The number of nitrogens with one attached hydrogen (secondary N) is 2. The number of H-pyrrole nitrogens is 1. The lowest BCUT2D eigenvalue weighted by molar-refractivity contribution is -0.124. The first-order chi connectivity index (χ1) is 9.71. The normalized spacial score (nSPS) is 38.1. The molecule has 4 aliphatic rings. The van der Waals surface area contributed by atoms with E-state index in [0.29, 0.717) is 5.75 Å². The van der Waals surface area contributed by atoms with E-state index in [1.54, 1.807) is 6.20 Å². The molecule has 108 valence electrons. The molecule has 20 heavy (non-hydrogen) atoms. The third kappa shape index (κ3) is 2.34. The second kappa shape index (κ2) is 4.76. The maximum Gasteiger partial charge on any atom is 0.230 e. The van der Waals surface area contributed by atoms with E-state index < -0.39 is 0 Å². The van der Waals surface area contributed by atoms with E-state index in [-0.39, 0.29) is 11.4 Å². The summed E-state index contributed by atoms with van der Waals surface area (Å²) >= 11 is 1.45. The second-order valence-electron chi connectivity index (χ2n) is 6.84. The number of hydrogen-bond acceptors (Lipinski definition) is 4. The first-order valence-corrected chi connectivity index (χ1v) is 8.49. The molecule has 4 bridgehead atoms. The number of carbonyl (C=O) groups is 1. The van der Waals surface area contributed by atoms with Gasteiger partial charge >= 0.3 is 0 Å². The largest absolute Gasteiger partial charge is 0.350 e. The Labute approximate surface area is 122 Å². The van der Waals surface area contributed by atoms with E-state index >= 15 is 0 Å². The summed E-state index contributed by atoms with van der Waals surface area (Å²) in [6.07, 6.45) is 9.50. The molecule has 0 unspecified atom stereocenters. The minimum absolute atomic E-state index is 0.121. The number of thioether (sulfide) groups is 1. The predicted octanol–water partition coefficient (Wildman–Crippen LogP) is 1.98. The number of hydrogen-bond donors (Lipinski definition) is 2. The summed E-state index contributed by atoms with van der Waals surface area (Å²) in [5, 5.41) is 14.4. The lowest BCUT2D eigenvalue weighted by Crippen LogP contribution is -2.60. The summed E-state index contributed by atoms with van der Waals surface area (Å²) < 4.78 is 0. The van der Waals surface area contributed by atoms with Gasteiger partial charge in [-0.2, -0.15) is 10.3 Å². The SMILES string of the molecule is O=C(CSc1cn[nH]n1)NC12CC3CC(CC(C3)C1)C2. The lowest BCUT2D eigenvalue weighted by Gasteiger charge is -2.56. The van der Waals surface area contributed by atoms with Crippen molar-refractivity contribution in [2.45, 2.75) is 49.1 Å². The zero-order chi connectivity index (χ0) is 13.6. The summed E-state index contributed by atoms with van der Waals surface area (Å²) in [7, 11) is 0. The van der Waals surface area contributed by atoms with Gasteiger partial charge in [-0.1, -0.05) is 11.8 Å². The highest BCUT2D eigenvalue weighted by Gasteiger charge is 2.51. The molecule has 4 fully saturated rings. The number of aromatic amines is 1. The van der Waals surface area contributed by atoms with Crippen LogP contribution < -0.4 is 5.32 Å². The lowest BCUT2D eigenvalue weighted by atomic mass is 9.53. The molecule has 0 atom stereocenters. The molecule has 5 rings (SSSR count). The van der Waals surface area contributed by atoms with Crippen LogP contribution in [0.25, 0.3) is 0 Å². The van der Waals surface area contributed by atoms with Gasteiger partial charge in [0.05, 0.1) is 11.9 Å². The van der Waals surface area contributed by atoms with Crippen LogP contribution in [0.15, 0.2) is 11.2 Å². The van der Waals surface area contributed by atoms with Gasteiger partial charge in [-0.05, 0) is 56.3 Å². The fourth-order valence-corrected chi connectivity index (χ4v) is 5.58. The molecule has 4 aliphatic carbocycles. The maximum absolute atomic E-state index is 12.2. The van der Waals surface area contributed by atoms with Crippen LogP contribution in [0.1, 0.15) is 38.5 Å². The Morgan fingerprint density at radius 2 is 1.95 bits per heavy atom. The first kappa shape index (κ1) is 12.7. The van der Waals surface area contributed by atoms with Gasteiger partial charge in [-0.3, -0.25) is 4.79 Å². The summed E-state index contributed by atoms with van der Waals surface area (Å²) in [6.45, 7) is 0. The molecule has 4 saturated carbocycles. The van der Waals surface area contributed by atoms with E-state index in [4.69, 9.17) is 0 Å². The van der Waals surface area contributed by atoms with Gasteiger partial charge in [0.15, 0.2) is 0 Å². The molecule has 6 heteroatoms. The molecule has 2 N–H and O–H groups in total. The summed E-state index contributed by atoms with van der Waals surface area (Å²) in [5.41, 5.74) is 0.121. The van der Waals surface area contributed by atoms with Crippen LogP contribution in [0.3, 0.4) is 0 Å². The van der Waals surface area contributed by atoms with Crippen molar-refractivity contribution in [1.29, 1.82) is 0 Å². The van der Waals surface area contributed by atoms with Crippen molar-refractivity contribution >= 4 is 17.7 Å². The van der Waals surface area contributed by atoms with Crippen molar-refractivity contribution in [3.63, 3.8) is 0 Å². The van der Waals surface area contributed by atoms with Crippen molar-refractivity contribution < 1.29 is 4.79 Å². The Kier molecular flexibility index (Phi) is 3.02. The van der Waals surface area contributed by atoms with E-state index in [0.717, 1.165) is 22.8 Å². The Morgan fingerprint density at radius 1 is 1.30 bits per heavy atom. The zero-order valence-electron chi connectivity index (χ0n) is 11.5. The van der Waals surface area contributed by atoms with Gasteiger partial charge < -0.3 is 5.32 Å². The number of amides is 1. The van der Waals surface area contributed by atoms with Crippen molar-refractivity contribution in [1.82, 2.24) is 20.7 Å². The Morgan fingerprint density at radius 3 is 2.50 bits per heavy atom. The van der Waals surface area contributed by atoms with Crippen LogP contribution in [0.2, 0.25) is 0 Å². The molecule has 0 saturated heterocycles. The van der Waals surface area contributed by atoms with E-state index in [1.807, 2.05) is 0 Å². The molecule has 0 aromatic carbocycles. The quantitative estimate of drug-likeness (QED) is 0.833. The van der Waals surface area contributed by atoms with Crippen LogP contribution in [0.5, 0.6) is 0 Å². The van der Waals surface area contributed by atoms with Gasteiger partial charge in [0, 0.05) is 5.54 Å². The monoisotopic (exact) mass is 292 g/mol. The fraction of sp³-hybridized carbons (Fsp3) is 0.786. The van der Waals surface area contributed by atoms with Crippen LogP contribution in [0.4, 0.5) is 0 Å². The Balaban J connectivity index is 1.37. The summed E-state index contributed by atoms with van der Waals surface area (Å²) in [5.74, 6) is 3.19. The minimum atomic E-state index is 0.121. The molecule has 0 radical (unpaired) electrons. The van der Waals surface area contributed by atoms with E-state index in [1.165, 1.54) is 50.3 Å². The fourth-order valence-electron chi connectivity index (χ4n) is 5.00. The molecular formula is C14H20N4OS. The number of nitrogens with zero attached hydrogens (tertiary/aromatic N) is 2. The number of carbonyl (C=O) groups excluding carboxylic acids is 1. The Hall–Kier alpha value is -1.04. The van der Waals surface area contributed by atoms with Crippen LogP contribution in [0, 0.1) is 17.8 Å². The molecule has 1 aromatic heterocycles. The highest BCUT2D eigenvalue weighted by Crippen LogP contribution is 2.55. The van der Waals surface area contributed by atoms with E-state index in [9.17, 15) is 4.79 Å². The average Bonchev–Trinajstić information content (AvgIpc) is 2.87. The van der Waals surface area contributed by atoms with Crippen LogP contribution in [-0.4, -0.2) is 32.6 Å². The third-order valence-corrected chi connectivity index (χ3v) is 6.09. The number of aromatic nitrogens is 3. The van der Waals surface area contributed by atoms with Gasteiger partial charge in [-0.15, -0.1) is 5.10 Å². The highest BCUT2D eigenvalue weighted by molar-refractivity contribution is 7.99. The molecule has 1 amide bonds. The predicted molar refractivity (Wildman–Crippen MR) is 76.2 cm³/mol. The summed E-state index contributed by atoms with van der Waals surface area (Å²) in [4.78, 5) is 12.2. The van der Waals surface area contributed by atoms with Gasteiger partial charge in [0.2, 0.25) is 5.91 Å². The van der Waals surface area contributed by atoms with Crippen molar-refractivity contribution in [3.05, 3.63) is 6.20 Å². The molecule has 1 heterocycles. The molecule has 1 aromatic rings. The van der Waals surface area contributed by atoms with E-state index in [2.05, 4.69) is 20.7 Å². The second-order valence-corrected chi connectivity index (χ2v) is 7.84. The first-order valence-electron chi connectivity index (χ1n) is 7.50. The van der Waals surface area contributed by atoms with Crippen molar-refractivity contribution in [2.24, 2.45) is 17.8 Å². The van der Waals surface area contributed by atoms with Gasteiger partial charge in [0.1, 0.15) is 5.03 Å². The van der Waals surface area contributed by atoms with Gasteiger partial charge in [0.25, 0.3) is 0 Å². The smallest absolute Gasteiger partial charge is 0.230 e. The topological polar surface area (TPSA) is 70.7 Å². The minimum Gasteiger partial charge on any atom is -0.350 e. The van der Waals surface area contributed by atoms with Crippen molar-refractivity contribution in [3.8, 4) is 0 Å². The maximum atomic E-state index is 12.2. The van der Waals surface area contributed by atoms with Gasteiger partial charge in [-0.25, -0.2) is 0 Å². The number of rotatable bonds is 4. The van der Waals surface area contributed by atoms with Crippen LogP contribution in [-0.2, 0) is 4.79 Å².